The number of halogens is 1. The van der Waals surface area contributed by atoms with Crippen molar-refractivity contribution >= 4 is 17.5 Å². The van der Waals surface area contributed by atoms with E-state index in [0.29, 0.717) is 23.9 Å². The van der Waals surface area contributed by atoms with Crippen molar-refractivity contribution in [3.63, 3.8) is 0 Å². The van der Waals surface area contributed by atoms with Crippen LogP contribution in [0.4, 0.5) is 0 Å². The van der Waals surface area contributed by atoms with Crippen molar-refractivity contribution in [1.82, 2.24) is 20.5 Å². The molecule has 1 aromatic carbocycles. The normalized spacial score (nSPS) is 10.5. The number of nitrogens with one attached hydrogen (secondary N) is 1. The van der Waals surface area contributed by atoms with Crippen LogP contribution >= 0.6 is 11.6 Å². The van der Waals surface area contributed by atoms with Crippen LogP contribution in [-0.4, -0.2) is 21.1 Å². The molecule has 0 unspecified atom stereocenters. The average Bonchev–Trinajstić information content (AvgIpc) is 3.04. The van der Waals surface area contributed by atoms with Crippen molar-refractivity contribution in [3.8, 4) is 0 Å². The number of rotatable bonds is 5. The first-order chi connectivity index (χ1) is 11.2. The van der Waals surface area contributed by atoms with Gasteiger partial charge in [-0.2, -0.15) is 0 Å². The van der Waals surface area contributed by atoms with E-state index in [9.17, 15) is 4.79 Å². The summed E-state index contributed by atoms with van der Waals surface area (Å²) >= 11 is 5.84. The molecule has 0 fully saturated rings. The Morgan fingerprint density at radius 1 is 1.04 bits per heavy atom. The van der Waals surface area contributed by atoms with Crippen LogP contribution in [0.5, 0.6) is 0 Å². The summed E-state index contributed by atoms with van der Waals surface area (Å²) in [5.41, 5.74) is 1.91. The number of hydrogen-bond donors (Lipinski definition) is 1. The molecule has 0 saturated heterocycles. The number of aromatic nitrogens is 3. The maximum Gasteiger partial charge on any atom is 0.309 e. The number of nitrogens with zero attached hydrogens (tertiary/aromatic N) is 3. The predicted octanol–water partition coefficient (Wildman–Crippen LogP) is 2.64. The Kier molecular flexibility index (Phi) is 4.63. The highest BCUT2D eigenvalue weighted by Gasteiger charge is 2.14. The predicted molar refractivity (Wildman–Crippen MR) is 84.0 cm³/mol. The summed E-state index contributed by atoms with van der Waals surface area (Å²) < 4.78 is 5.39. The van der Waals surface area contributed by atoms with Gasteiger partial charge in [0.15, 0.2) is 0 Å². The van der Waals surface area contributed by atoms with Gasteiger partial charge in [0, 0.05) is 24.0 Å². The van der Waals surface area contributed by atoms with E-state index in [0.717, 1.165) is 11.1 Å². The summed E-state index contributed by atoms with van der Waals surface area (Å²) in [6.45, 7) is 0.371. The molecule has 0 aliphatic rings. The molecule has 0 radical (unpaired) electrons. The zero-order valence-corrected chi connectivity index (χ0v) is 12.8. The smallest absolute Gasteiger partial charge is 0.309 e. The third kappa shape index (κ3) is 4.14. The van der Waals surface area contributed by atoms with E-state index < -0.39 is 5.91 Å². The maximum absolute atomic E-state index is 12.0. The van der Waals surface area contributed by atoms with Crippen LogP contribution in [0.2, 0.25) is 5.02 Å². The molecule has 3 rings (SSSR count). The van der Waals surface area contributed by atoms with E-state index in [-0.39, 0.29) is 5.89 Å². The van der Waals surface area contributed by atoms with Crippen LogP contribution in [0, 0.1) is 0 Å². The summed E-state index contributed by atoms with van der Waals surface area (Å²) in [7, 11) is 0. The van der Waals surface area contributed by atoms with Crippen LogP contribution in [0.25, 0.3) is 0 Å². The molecule has 1 amide bonds. The molecule has 0 bridgehead atoms. The second-order valence-electron chi connectivity index (χ2n) is 4.84. The van der Waals surface area contributed by atoms with E-state index in [1.54, 1.807) is 24.5 Å². The third-order valence-electron chi connectivity index (χ3n) is 3.13. The molecule has 1 N–H and O–H groups in total. The second-order valence-corrected chi connectivity index (χ2v) is 5.28. The zero-order valence-electron chi connectivity index (χ0n) is 12.1. The molecule has 2 aromatic heterocycles. The van der Waals surface area contributed by atoms with Gasteiger partial charge in [-0.15, -0.1) is 10.2 Å². The fraction of sp³-hybridized carbons (Fsp3) is 0.125. The standard InChI is InChI=1S/C16H13ClN4O2/c17-13-3-1-11(2-4-13)9-14-20-21-16(23-14)15(22)19-10-12-5-7-18-8-6-12/h1-8H,9-10H2,(H,19,22). The van der Waals surface area contributed by atoms with Crippen molar-refractivity contribution in [2.24, 2.45) is 0 Å². The van der Waals surface area contributed by atoms with Gasteiger partial charge in [0.25, 0.3) is 0 Å². The lowest BCUT2D eigenvalue weighted by molar-refractivity contribution is 0.0914. The van der Waals surface area contributed by atoms with Crippen LogP contribution in [0.1, 0.15) is 27.7 Å². The quantitative estimate of drug-likeness (QED) is 0.778. The molecule has 0 atom stereocenters. The van der Waals surface area contributed by atoms with E-state index in [1.807, 2.05) is 24.3 Å². The lowest BCUT2D eigenvalue weighted by Crippen LogP contribution is -2.23. The van der Waals surface area contributed by atoms with Gasteiger partial charge in [-0.1, -0.05) is 23.7 Å². The minimum absolute atomic E-state index is 0.0528. The highest BCUT2D eigenvalue weighted by atomic mass is 35.5. The number of carbonyl (C=O) groups excluding carboxylic acids is 1. The van der Waals surface area contributed by atoms with E-state index >= 15 is 0 Å². The topological polar surface area (TPSA) is 80.9 Å². The summed E-state index contributed by atoms with van der Waals surface area (Å²) in [6.07, 6.45) is 3.78. The highest BCUT2D eigenvalue weighted by Crippen LogP contribution is 2.13. The van der Waals surface area contributed by atoms with Gasteiger partial charge in [-0.25, -0.2) is 0 Å². The van der Waals surface area contributed by atoms with E-state index in [4.69, 9.17) is 16.0 Å². The summed E-state index contributed by atoms with van der Waals surface area (Å²) in [6, 6.07) is 11.0. The Labute approximate surface area is 137 Å². The fourth-order valence-corrected chi connectivity index (χ4v) is 2.08. The van der Waals surface area contributed by atoms with Gasteiger partial charge in [0.05, 0.1) is 6.42 Å². The van der Waals surface area contributed by atoms with Crippen LogP contribution in [0.3, 0.4) is 0 Å². The van der Waals surface area contributed by atoms with Crippen LogP contribution < -0.4 is 5.32 Å². The van der Waals surface area contributed by atoms with Crippen molar-refractivity contribution in [2.45, 2.75) is 13.0 Å². The summed E-state index contributed by atoms with van der Waals surface area (Å²) in [5.74, 6) is -0.0823. The molecule has 3 aromatic rings. The monoisotopic (exact) mass is 328 g/mol. The molecule has 116 valence electrons. The van der Waals surface area contributed by atoms with Crippen LogP contribution in [0.15, 0.2) is 53.2 Å². The molecule has 2 heterocycles. The van der Waals surface area contributed by atoms with Gasteiger partial charge in [0.2, 0.25) is 5.89 Å². The molecule has 0 aliphatic carbocycles. The number of amides is 1. The third-order valence-corrected chi connectivity index (χ3v) is 3.38. The largest absolute Gasteiger partial charge is 0.417 e. The number of pyridine rings is 1. The molecule has 7 heteroatoms. The SMILES string of the molecule is O=C(NCc1ccncc1)c1nnc(Cc2ccc(Cl)cc2)o1. The van der Waals surface area contributed by atoms with Crippen molar-refractivity contribution in [3.05, 3.63) is 76.7 Å². The van der Waals surface area contributed by atoms with Gasteiger partial charge < -0.3 is 9.73 Å². The minimum Gasteiger partial charge on any atom is -0.417 e. The van der Waals surface area contributed by atoms with E-state index in [2.05, 4.69) is 20.5 Å². The average molecular weight is 329 g/mol. The molecule has 23 heavy (non-hydrogen) atoms. The van der Waals surface area contributed by atoms with Gasteiger partial charge in [-0.3, -0.25) is 9.78 Å². The van der Waals surface area contributed by atoms with Crippen molar-refractivity contribution < 1.29 is 9.21 Å². The molecule has 0 saturated carbocycles. The fourth-order valence-electron chi connectivity index (χ4n) is 1.95. The summed E-state index contributed by atoms with van der Waals surface area (Å²) in [5, 5.41) is 11.0. The van der Waals surface area contributed by atoms with Crippen molar-refractivity contribution in [1.29, 1.82) is 0 Å². The number of hydrogen-bond acceptors (Lipinski definition) is 5. The molecular formula is C16H13ClN4O2. The Bertz CT molecular complexity index is 787. The molecular weight excluding hydrogens is 316 g/mol. The maximum atomic E-state index is 12.0. The first-order valence-corrected chi connectivity index (χ1v) is 7.32. The lowest BCUT2D eigenvalue weighted by atomic mass is 10.1. The molecule has 6 nitrogen and oxygen atoms in total. The summed E-state index contributed by atoms with van der Waals surface area (Å²) in [4.78, 5) is 15.9. The Hall–Kier alpha value is -2.73. The second kappa shape index (κ2) is 7.02. The highest BCUT2D eigenvalue weighted by molar-refractivity contribution is 6.30. The van der Waals surface area contributed by atoms with E-state index in [1.165, 1.54) is 0 Å². The lowest BCUT2D eigenvalue weighted by Gasteiger charge is -2.01. The Balaban J connectivity index is 1.59. The number of benzene rings is 1. The Morgan fingerprint density at radius 3 is 2.52 bits per heavy atom. The van der Waals surface area contributed by atoms with Gasteiger partial charge >= 0.3 is 11.8 Å². The number of carbonyl (C=O) groups is 1. The molecule has 0 spiro atoms. The van der Waals surface area contributed by atoms with Gasteiger partial charge in [-0.05, 0) is 35.4 Å². The van der Waals surface area contributed by atoms with Crippen LogP contribution in [-0.2, 0) is 13.0 Å². The molecule has 0 aliphatic heterocycles. The first kappa shape index (κ1) is 15.2. The zero-order chi connectivity index (χ0) is 16.1. The first-order valence-electron chi connectivity index (χ1n) is 6.94. The van der Waals surface area contributed by atoms with Gasteiger partial charge in [0.1, 0.15) is 0 Å². The van der Waals surface area contributed by atoms with Crippen molar-refractivity contribution in [2.75, 3.05) is 0 Å². The minimum atomic E-state index is -0.406. The Morgan fingerprint density at radius 2 is 1.78 bits per heavy atom.